The van der Waals surface area contributed by atoms with Gasteiger partial charge in [0.05, 0.1) is 27.5 Å². The van der Waals surface area contributed by atoms with Crippen LogP contribution in [0, 0.1) is 0 Å². The van der Waals surface area contributed by atoms with Crippen LogP contribution in [0.3, 0.4) is 0 Å². The van der Waals surface area contributed by atoms with Crippen LogP contribution in [-0.2, 0) is 0 Å². The van der Waals surface area contributed by atoms with Crippen molar-refractivity contribution in [2.75, 3.05) is 21.3 Å². The molecule has 6 nitrogen and oxygen atoms in total. The molecule has 19 heavy (non-hydrogen) atoms. The summed E-state index contributed by atoms with van der Waals surface area (Å²) < 4.78 is 15.2. The fourth-order valence-corrected chi connectivity index (χ4v) is 2.36. The molecule has 0 radical (unpaired) electrons. The lowest BCUT2D eigenvalue weighted by Crippen LogP contribution is -2.06. The third-order valence-electron chi connectivity index (χ3n) is 2.51. The van der Waals surface area contributed by atoms with Crippen molar-refractivity contribution in [3.63, 3.8) is 0 Å². The lowest BCUT2D eigenvalue weighted by molar-refractivity contribution is 0.210. The fraction of sp³-hybridized carbons (Fsp3) is 0.333. The lowest BCUT2D eigenvalue weighted by atomic mass is 10.2. The molecular weight excluding hydrogens is 268 g/mol. The smallest absolute Gasteiger partial charge is 0.241 e. The monoisotopic (exact) mass is 282 g/mol. The summed E-state index contributed by atoms with van der Waals surface area (Å²) in [5.41, 5.74) is 0.341. The minimum Gasteiger partial charge on any atom is -0.496 e. The zero-order valence-corrected chi connectivity index (χ0v) is 11.6. The molecule has 7 heteroatoms. The van der Waals surface area contributed by atoms with Gasteiger partial charge in [-0.25, -0.2) is 4.98 Å². The molecule has 0 amide bonds. The van der Waals surface area contributed by atoms with E-state index in [-0.39, 0.29) is 5.88 Å². The van der Waals surface area contributed by atoms with Crippen LogP contribution in [0.4, 0.5) is 0 Å². The Morgan fingerprint density at radius 2 is 2.00 bits per heavy atom. The maximum Gasteiger partial charge on any atom is 0.241 e. The Morgan fingerprint density at radius 3 is 2.58 bits per heavy atom. The highest BCUT2D eigenvalue weighted by atomic mass is 32.1. The molecule has 0 aliphatic carbocycles. The van der Waals surface area contributed by atoms with Gasteiger partial charge in [-0.15, -0.1) is 11.3 Å². The first-order valence-corrected chi connectivity index (χ1v) is 6.33. The molecule has 1 atom stereocenters. The van der Waals surface area contributed by atoms with Crippen molar-refractivity contribution < 1.29 is 19.3 Å². The van der Waals surface area contributed by atoms with Crippen LogP contribution < -0.4 is 14.2 Å². The SMILES string of the molecule is COc1csc(C(O)c2ncc(OC)nc2OC)c1. The van der Waals surface area contributed by atoms with E-state index >= 15 is 0 Å². The van der Waals surface area contributed by atoms with Gasteiger partial charge in [-0.05, 0) is 6.07 Å². The molecule has 2 heterocycles. The average Bonchev–Trinajstić information content (AvgIpc) is 2.94. The van der Waals surface area contributed by atoms with Crippen molar-refractivity contribution >= 4 is 11.3 Å². The van der Waals surface area contributed by atoms with Crippen molar-refractivity contribution in [3.05, 3.63) is 28.2 Å². The van der Waals surface area contributed by atoms with Crippen molar-refractivity contribution in [3.8, 4) is 17.5 Å². The molecule has 0 saturated heterocycles. The molecule has 0 aromatic carbocycles. The van der Waals surface area contributed by atoms with Crippen LogP contribution in [0.25, 0.3) is 0 Å². The van der Waals surface area contributed by atoms with Crippen molar-refractivity contribution in [1.29, 1.82) is 0 Å². The molecule has 0 aliphatic rings. The van der Waals surface area contributed by atoms with Crippen LogP contribution >= 0.6 is 11.3 Å². The summed E-state index contributed by atoms with van der Waals surface area (Å²) in [5.74, 6) is 1.26. The highest BCUT2D eigenvalue weighted by Crippen LogP contribution is 2.33. The molecule has 2 aromatic heterocycles. The van der Waals surface area contributed by atoms with Gasteiger partial charge in [0.25, 0.3) is 0 Å². The van der Waals surface area contributed by atoms with E-state index in [9.17, 15) is 5.11 Å². The van der Waals surface area contributed by atoms with Crippen LogP contribution in [0.15, 0.2) is 17.6 Å². The summed E-state index contributed by atoms with van der Waals surface area (Å²) in [7, 11) is 4.53. The van der Waals surface area contributed by atoms with Gasteiger partial charge in [0, 0.05) is 10.3 Å². The van der Waals surface area contributed by atoms with E-state index in [1.165, 1.54) is 31.8 Å². The maximum atomic E-state index is 10.3. The third kappa shape index (κ3) is 2.77. The van der Waals surface area contributed by atoms with Gasteiger partial charge in [-0.2, -0.15) is 4.98 Å². The first-order valence-electron chi connectivity index (χ1n) is 5.45. The Bertz CT molecular complexity index is 558. The number of hydrogen-bond acceptors (Lipinski definition) is 7. The molecule has 0 saturated carbocycles. The van der Waals surface area contributed by atoms with E-state index in [4.69, 9.17) is 14.2 Å². The minimum atomic E-state index is -0.915. The molecule has 2 rings (SSSR count). The van der Waals surface area contributed by atoms with Gasteiger partial charge >= 0.3 is 0 Å². The van der Waals surface area contributed by atoms with Gasteiger partial charge in [-0.1, -0.05) is 0 Å². The minimum absolute atomic E-state index is 0.235. The summed E-state index contributed by atoms with van der Waals surface area (Å²) >= 11 is 1.38. The number of thiophene rings is 1. The highest BCUT2D eigenvalue weighted by Gasteiger charge is 2.21. The number of ether oxygens (including phenoxy) is 3. The second-order valence-corrected chi connectivity index (χ2v) is 4.54. The van der Waals surface area contributed by atoms with Gasteiger partial charge in [0.1, 0.15) is 17.5 Å². The number of hydrogen-bond donors (Lipinski definition) is 1. The summed E-state index contributed by atoms with van der Waals surface area (Å²) in [5, 5.41) is 12.1. The quantitative estimate of drug-likeness (QED) is 0.898. The van der Waals surface area contributed by atoms with E-state index in [0.717, 1.165) is 0 Å². The first kappa shape index (κ1) is 13.6. The van der Waals surface area contributed by atoms with Gasteiger partial charge in [0.15, 0.2) is 0 Å². The topological polar surface area (TPSA) is 73.7 Å². The predicted octanol–water partition coefficient (Wildman–Crippen LogP) is 1.65. The Hall–Kier alpha value is -1.86. The predicted molar refractivity (Wildman–Crippen MR) is 70.1 cm³/mol. The van der Waals surface area contributed by atoms with E-state index in [1.54, 1.807) is 13.2 Å². The Balaban J connectivity index is 2.34. The molecule has 2 aromatic rings. The van der Waals surface area contributed by atoms with Gasteiger partial charge < -0.3 is 19.3 Å². The van der Waals surface area contributed by atoms with Crippen molar-refractivity contribution in [2.45, 2.75) is 6.10 Å². The summed E-state index contributed by atoms with van der Waals surface area (Å²) in [6.07, 6.45) is 0.522. The molecular formula is C12H14N2O4S. The lowest BCUT2D eigenvalue weighted by Gasteiger charge is -2.12. The normalized spacial score (nSPS) is 12.0. The van der Waals surface area contributed by atoms with Crippen LogP contribution in [0.1, 0.15) is 16.7 Å². The van der Waals surface area contributed by atoms with Crippen LogP contribution in [0.5, 0.6) is 17.5 Å². The standard InChI is InChI=1S/C12H14N2O4S/c1-16-7-4-8(19-6-7)11(15)10-12(18-3)14-9(17-2)5-13-10/h4-6,11,15H,1-3H3. The van der Waals surface area contributed by atoms with Crippen molar-refractivity contribution in [2.24, 2.45) is 0 Å². The van der Waals surface area contributed by atoms with E-state index in [2.05, 4.69) is 9.97 Å². The van der Waals surface area contributed by atoms with Crippen molar-refractivity contribution in [1.82, 2.24) is 9.97 Å². The number of rotatable bonds is 5. The highest BCUT2D eigenvalue weighted by molar-refractivity contribution is 7.10. The average molecular weight is 282 g/mol. The largest absolute Gasteiger partial charge is 0.496 e. The fourth-order valence-electron chi connectivity index (χ4n) is 1.52. The van der Waals surface area contributed by atoms with Crippen LogP contribution in [-0.4, -0.2) is 36.4 Å². The zero-order chi connectivity index (χ0) is 13.8. The molecule has 0 aliphatic heterocycles. The summed E-state index contributed by atoms with van der Waals surface area (Å²) in [6, 6.07) is 1.75. The maximum absolute atomic E-state index is 10.3. The molecule has 1 unspecified atom stereocenters. The Morgan fingerprint density at radius 1 is 1.21 bits per heavy atom. The van der Waals surface area contributed by atoms with E-state index in [0.29, 0.717) is 22.2 Å². The van der Waals surface area contributed by atoms with E-state index in [1.807, 2.05) is 5.38 Å². The number of aliphatic hydroxyl groups is 1. The Labute approximate surface area is 114 Å². The number of nitrogens with zero attached hydrogens (tertiary/aromatic N) is 2. The van der Waals surface area contributed by atoms with Crippen LogP contribution in [0.2, 0.25) is 0 Å². The molecule has 0 fully saturated rings. The number of aliphatic hydroxyl groups excluding tert-OH is 1. The summed E-state index contributed by atoms with van der Waals surface area (Å²) in [4.78, 5) is 8.93. The van der Waals surface area contributed by atoms with E-state index < -0.39 is 6.10 Å². The number of methoxy groups -OCH3 is 3. The summed E-state index contributed by atoms with van der Waals surface area (Å²) in [6.45, 7) is 0. The molecule has 0 bridgehead atoms. The number of aromatic nitrogens is 2. The third-order valence-corrected chi connectivity index (χ3v) is 3.47. The zero-order valence-electron chi connectivity index (χ0n) is 10.8. The molecule has 0 spiro atoms. The first-order chi connectivity index (χ1) is 9.19. The second-order valence-electron chi connectivity index (χ2n) is 3.60. The molecule has 102 valence electrons. The van der Waals surface area contributed by atoms with Gasteiger partial charge in [-0.3, -0.25) is 0 Å². The second kappa shape index (κ2) is 5.85. The molecule has 1 N–H and O–H groups in total. The Kier molecular flexibility index (Phi) is 4.18. The van der Waals surface area contributed by atoms with Gasteiger partial charge in [0.2, 0.25) is 11.8 Å².